The molecule has 0 spiro atoms. The van der Waals surface area contributed by atoms with E-state index in [9.17, 15) is 4.39 Å². The molecule has 0 saturated carbocycles. The van der Waals surface area contributed by atoms with Crippen LogP contribution >= 0.6 is 0 Å². The second kappa shape index (κ2) is 5.85. The predicted molar refractivity (Wildman–Crippen MR) is 74.6 cm³/mol. The lowest BCUT2D eigenvalue weighted by Gasteiger charge is -2.25. The fraction of sp³-hybridized carbons (Fsp3) is 0.500. The van der Waals surface area contributed by atoms with Gasteiger partial charge in [0.15, 0.2) is 0 Å². The van der Waals surface area contributed by atoms with Crippen LogP contribution in [0.3, 0.4) is 0 Å². The van der Waals surface area contributed by atoms with Gasteiger partial charge in [0.1, 0.15) is 5.82 Å². The maximum Gasteiger partial charge on any atom is 0.123 e. The van der Waals surface area contributed by atoms with E-state index in [1.54, 1.807) is 12.1 Å². The number of amidine groups is 1. The Labute approximate surface area is 108 Å². The van der Waals surface area contributed by atoms with Gasteiger partial charge < -0.3 is 10.6 Å². The quantitative estimate of drug-likeness (QED) is 0.603. The molecule has 0 fully saturated rings. The van der Waals surface area contributed by atoms with Gasteiger partial charge in [0.05, 0.1) is 5.84 Å². The van der Waals surface area contributed by atoms with Gasteiger partial charge in [-0.15, -0.1) is 0 Å². The fourth-order valence-electron chi connectivity index (χ4n) is 1.72. The number of nitrogens with two attached hydrogens (primary N) is 1. The molecule has 0 aliphatic carbocycles. The number of hydrogen-bond acceptors (Lipinski definition) is 2. The van der Waals surface area contributed by atoms with Crippen LogP contribution in [0.1, 0.15) is 26.7 Å². The van der Waals surface area contributed by atoms with Crippen LogP contribution in [0.15, 0.2) is 24.3 Å². The molecule has 3 nitrogen and oxygen atoms in total. The Morgan fingerprint density at radius 1 is 1.33 bits per heavy atom. The fourth-order valence-corrected chi connectivity index (χ4v) is 1.72. The summed E-state index contributed by atoms with van der Waals surface area (Å²) in [6, 6.07) is 6.47. The van der Waals surface area contributed by atoms with Gasteiger partial charge in [0.25, 0.3) is 0 Å². The van der Waals surface area contributed by atoms with Crippen LogP contribution in [-0.2, 0) is 0 Å². The molecular weight excluding hydrogens is 229 g/mol. The van der Waals surface area contributed by atoms with Gasteiger partial charge in [-0.3, -0.25) is 5.41 Å². The van der Waals surface area contributed by atoms with E-state index in [1.165, 1.54) is 12.1 Å². The highest BCUT2D eigenvalue weighted by Gasteiger charge is 2.20. The topological polar surface area (TPSA) is 53.1 Å². The lowest BCUT2D eigenvalue weighted by molar-refractivity contribution is 0.452. The van der Waals surface area contributed by atoms with E-state index in [-0.39, 0.29) is 17.1 Å². The van der Waals surface area contributed by atoms with Crippen molar-refractivity contribution in [3.63, 3.8) is 0 Å². The number of nitrogens with zero attached hydrogens (tertiary/aromatic N) is 1. The van der Waals surface area contributed by atoms with E-state index >= 15 is 0 Å². The van der Waals surface area contributed by atoms with Crippen LogP contribution in [0.4, 0.5) is 10.1 Å². The minimum Gasteiger partial charge on any atom is -0.387 e. The third-order valence-electron chi connectivity index (χ3n) is 3.29. The van der Waals surface area contributed by atoms with Gasteiger partial charge in [-0.2, -0.15) is 0 Å². The molecule has 1 aromatic carbocycles. The molecule has 100 valence electrons. The lowest BCUT2D eigenvalue weighted by Crippen LogP contribution is -2.31. The van der Waals surface area contributed by atoms with Gasteiger partial charge in [-0.25, -0.2) is 4.39 Å². The number of nitrogens with one attached hydrogen (secondary N) is 1. The maximum absolute atomic E-state index is 12.8. The van der Waals surface area contributed by atoms with Gasteiger partial charge in [0.2, 0.25) is 0 Å². The van der Waals surface area contributed by atoms with Crippen LogP contribution in [-0.4, -0.2) is 19.4 Å². The Morgan fingerprint density at radius 3 is 2.39 bits per heavy atom. The van der Waals surface area contributed by atoms with Gasteiger partial charge in [-0.05, 0) is 37.1 Å². The van der Waals surface area contributed by atoms with E-state index in [1.807, 2.05) is 20.9 Å². The molecule has 0 aliphatic rings. The second-order valence-corrected chi connectivity index (χ2v) is 5.30. The summed E-state index contributed by atoms with van der Waals surface area (Å²) in [4.78, 5) is 2.08. The first-order valence-electron chi connectivity index (χ1n) is 6.14. The minimum atomic E-state index is -0.246. The Bertz CT molecular complexity index is 398. The Morgan fingerprint density at radius 2 is 1.89 bits per heavy atom. The summed E-state index contributed by atoms with van der Waals surface area (Å²) in [6.07, 6.45) is 1.81. The highest BCUT2D eigenvalue weighted by Crippen LogP contribution is 2.22. The molecule has 0 bridgehead atoms. The Balaban J connectivity index is 2.45. The molecule has 0 unspecified atom stereocenters. The van der Waals surface area contributed by atoms with Crippen molar-refractivity contribution in [3.8, 4) is 0 Å². The van der Waals surface area contributed by atoms with Crippen molar-refractivity contribution in [1.82, 2.24) is 0 Å². The van der Waals surface area contributed by atoms with Crippen molar-refractivity contribution >= 4 is 11.5 Å². The summed E-state index contributed by atoms with van der Waals surface area (Å²) in [5.41, 5.74) is 6.29. The minimum absolute atomic E-state index is 0.218. The predicted octanol–water partition coefficient (Wildman–Crippen LogP) is 3.00. The number of benzene rings is 1. The Kier molecular flexibility index (Phi) is 4.70. The molecule has 3 N–H and O–H groups in total. The van der Waals surface area contributed by atoms with Crippen LogP contribution in [0.2, 0.25) is 0 Å². The van der Waals surface area contributed by atoms with Crippen LogP contribution < -0.4 is 10.6 Å². The average Bonchev–Trinajstić information content (AvgIpc) is 2.29. The molecule has 0 aliphatic heterocycles. The van der Waals surface area contributed by atoms with Gasteiger partial charge >= 0.3 is 0 Å². The van der Waals surface area contributed by atoms with Crippen LogP contribution in [0.25, 0.3) is 0 Å². The van der Waals surface area contributed by atoms with Crippen molar-refractivity contribution in [2.45, 2.75) is 26.7 Å². The molecule has 0 amide bonds. The van der Waals surface area contributed by atoms with Crippen LogP contribution in [0.5, 0.6) is 0 Å². The normalized spacial score (nSPS) is 11.3. The van der Waals surface area contributed by atoms with E-state index in [2.05, 4.69) is 4.90 Å². The first-order valence-corrected chi connectivity index (χ1v) is 6.14. The summed E-state index contributed by atoms with van der Waals surface area (Å²) in [5, 5.41) is 7.49. The van der Waals surface area contributed by atoms with Crippen molar-refractivity contribution in [1.29, 1.82) is 5.41 Å². The zero-order valence-corrected chi connectivity index (χ0v) is 11.3. The molecule has 18 heavy (non-hydrogen) atoms. The largest absolute Gasteiger partial charge is 0.387 e. The molecule has 1 aromatic rings. The first-order chi connectivity index (χ1) is 8.33. The molecule has 0 atom stereocenters. The molecule has 4 heteroatoms. The second-order valence-electron chi connectivity index (χ2n) is 5.30. The van der Waals surface area contributed by atoms with E-state index in [0.717, 1.165) is 25.1 Å². The Hall–Kier alpha value is -1.58. The number of anilines is 1. The zero-order valence-electron chi connectivity index (χ0n) is 11.3. The molecule has 0 aromatic heterocycles. The average molecular weight is 251 g/mol. The summed E-state index contributed by atoms with van der Waals surface area (Å²) >= 11 is 0. The molecule has 0 saturated heterocycles. The third kappa shape index (κ3) is 4.02. The molecule has 0 heterocycles. The van der Waals surface area contributed by atoms with Gasteiger partial charge in [-0.1, -0.05) is 13.8 Å². The highest BCUT2D eigenvalue weighted by atomic mass is 19.1. The molecule has 0 radical (unpaired) electrons. The SMILES string of the molecule is CN(CCCC(C)(C)C(=N)N)c1ccc(F)cc1. The molecular formula is C14H22FN3. The van der Waals surface area contributed by atoms with Crippen molar-refractivity contribution < 1.29 is 4.39 Å². The zero-order chi connectivity index (χ0) is 13.8. The number of rotatable bonds is 6. The van der Waals surface area contributed by atoms with Crippen molar-refractivity contribution in [2.75, 3.05) is 18.5 Å². The summed E-state index contributed by atoms with van der Waals surface area (Å²) in [6.45, 7) is 4.82. The van der Waals surface area contributed by atoms with Crippen molar-refractivity contribution in [3.05, 3.63) is 30.1 Å². The summed E-state index contributed by atoms with van der Waals surface area (Å²) < 4.78 is 12.8. The van der Waals surface area contributed by atoms with E-state index in [0.29, 0.717) is 0 Å². The first kappa shape index (κ1) is 14.5. The summed E-state index contributed by atoms with van der Waals surface area (Å²) in [7, 11) is 1.98. The smallest absolute Gasteiger partial charge is 0.123 e. The third-order valence-corrected chi connectivity index (χ3v) is 3.29. The van der Waals surface area contributed by atoms with Crippen molar-refractivity contribution in [2.24, 2.45) is 11.1 Å². The highest BCUT2D eigenvalue weighted by molar-refractivity contribution is 5.82. The number of hydrogen-bond donors (Lipinski definition) is 2. The standard InChI is InChI=1S/C14H22FN3/c1-14(2,13(16)17)9-4-10-18(3)12-7-5-11(15)6-8-12/h5-8H,4,9-10H2,1-3H3,(H3,16,17). The molecule has 1 rings (SSSR count). The van der Waals surface area contributed by atoms with Crippen LogP contribution in [0, 0.1) is 16.6 Å². The summed E-state index contributed by atoms with van der Waals surface area (Å²) in [5.74, 6) is 0.0109. The maximum atomic E-state index is 12.8. The monoisotopic (exact) mass is 251 g/mol. The van der Waals surface area contributed by atoms with E-state index < -0.39 is 0 Å². The van der Waals surface area contributed by atoms with E-state index in [4.69, 9.17) is 11.1 Å². The van der Waals surface area contributed by atoms with Gasteiger partial charge in [0, 0.05) is 24.7 Å². The lowest BCUT2D eigenvalue weighted by atomic mass is 9.86. The number of halogens is 1.